The molecule has 106 valence electrons. The molecule has 3 rings (SSSR count). The number of hydrogen-bond acceptors (Lipinski definition) is 6. The Kier molecular flexibility index (Phi) is 3.45. The van der Waals surface area contributed by atoms with Gasteiger partial charge in [0.2, 0.25) is 0 Å². The average molecular weight is 309 g/mol. The van der Waals surface area contributed by atoms with Gasteiger partial charge < -0.3 is 0 Å². The molecule has 2 heterocycles. The normalized spacial score (nSPS) is 13.4. The molecule has 7 heteroatoms. The van der Waals surface area contributed by atoms with Crippen molar-refractivity contribution in [2.24, 2.45) is 0 Å². The van der Waals surface area contributed by atoms with Gasteiger partial charge in [0.05, 0.1) is 5.69 Å². The van der Waals surface area contributed by atoms with Gasteiger partial charge in [-0.3, -0.25) is 14.4 Å². The zero-order valence-electron chi connectivity index (χ0n) is 11.0. The van der Waals surface area contributed by atoms with Crippen LogP contribution in [-0.2, 0) is 4.79 Å². The van der Waals surface area contributed by atoms with Crippen LogP contribution < -0.4 is 5.56 Å². The molecule has 0 amide bonds. The first-order valence-corrected chi connectivity index (χ1v) is 7.00. The lowest BCUT2D eigenvalue weighted by molar-refractivity contribution is -0.107. The van der Waals surface area contributed by atoms with E-state index in [0.717, 1.165) is 5.56 Å². The van der Waals surface area contributed by atoms with Crippen LogP contribution in [0.4, 0.5) is 0 Å². The number of hydrogen-bond donors (Lipinski definition) is 0. The SMILES string of the molecule is N#Cc1c(C=Cc2ccccc2)nc2n(c1=O)C(=O)C(=O)S2. The maximum Gasteiger partial charge on any atom is 0.314 e. The predicted octanol–water partition coefficient (Wildman–Crippen LogP) is 1.56. The van der Waals surface area contributed by atoms with Crippen molar-refractivity contribution in [3.05, 3.63) is 57.5 Å². The highest BCUT2D eigenvalue weighted by Gasteiger charge is 2.33. The molecule has 0 atom stereocenters. The van der Waals surface area contributed by atoms with Crippen LogP contribution in [0.5, 0.6) is 0 Å². The minimum absolute atomic E-state index is 0.00767. The van der Waals surface area contributed by atoms with Crippen molar-refractivity contribution in [3.63, 3.8) is 0 Å². The smallest absolute Gasteiger partial charge is 0.275 e. The third-order valence-corrected chi connectivity index (χ3v) is 3.80. The van der Waals surface area contributed by atoms with E-state index < -0.39 is 16.6 Å². The van der Waals surface area contributed by atoms with Gasteiger partial charge in [0.1, 0.15) is 11.6 Å². The second kappa shape index (κ2) is 5.42. The molecule has 1 aromatic carbocycles. The molecule has 0 bridgehead atoms. The summed E-state index contributed by atoms with van der Waals surface area (Å²) in [5.41, 5.74) is -0.0747. The third kappa shape index (κ3) is 2.25. The van der Waals surface area contributed by atoms with Gasteiger partial charge in [0, 0.05) is 0 Å². The maximum atomic E-state index is 12.2. The largest absolute Gasteiger partial charge is 0.314 e. The molecule has 2 aromatic rings. The minimum atomic E-state index is -0.965. The Labute approximate surface area is 128 Å². The van der Waals surface area contributed by atoms with E-state index in [1.165, 1.54) is 6.08 Å². The first-order chi connectivity index (χ1) is 10.6. The molecule has 0 N–H and O–H groups in total. The first-order valence-electron chi connectivity index (χ1n) is 6.18. The molecular weight excluding hydrogens is 302 g/mol. The Hall–Kier alpha value is -2.98. The van der Waals surface area contributed by atoms with Crippen molar-refractivity contribution in [1.82, 2.24) is 9.55 Å². The van der Waals surface area contributed by atoms with Gasteiger partial charge in [-0.05, 0) is 23.4 Å². The van der Waals surface area contributed by atoms with Gasteiger partial charge >= 0.3 is 5.91 Å². The topological polar surface area (TPSA) is 92.8 Å². The summed E-state index contributed by atoms with van der Waals surface area (Å²) in [5.74, 6) is -0.965. The van der Waals surface area contributed by atoms with Crippen LogP contribution in [-0.4, -0.2) is 20.6 Å². The quantitative estimate of drug-likeness (QED) is 0.617. The lowest BCUT2D eigenvalue weighted by Gasteiger charge is -2.02. The number of fused-ring (bicyclic) bond motifs is 1. The van der Waals surface area contributed by atoms with Crippen LogP contribution in [0.25, 0.3) is 12.2 Å². The number of nitriles is 1. The van der Waals surface area contributed by atoms with Crippen molar-refractivity contribution >= 4 is 34.9 Å². The Balaban J connectivity index is 2.13. The maximum absolute atomic E-state index is 12.2. The fourth-order valence-corrected chi connectivity index (χ4v) is 2.69. The summed E-state index contributed by atoms with van der Waals surface area (Å²) >= 11 is 0.588. The molecule has 0 fully saturated rings. The Morgan fingerprint density at radius 1 is 1.14 bits per heavy atom. The highest BCUT2D eigenvalue weighted by Crippen LogP contribution is 2.24. The van der Waals surface area contributed by atoms with Gasteiger partial charge in [0.25, 0.3) is 10.7 Å². The Bertz CT molecular complexity index is 924. The van der Waals surface area contributed by atoms with E-state index in [1.807, 2.05) is 30.3 Å². The molecule has 22 heavy (non-hydrogen) atoms. The molecule has 0 aliphatic carbocycles. The van der Waals surface area contributed by atoms with Crippen molar-refractivity contribution in [1.29, 1.82) is 5.26 Å². The standard InChI is InChI=1S/C15H7N3O3S/c16-8-10-11(7-6-9-4-2-1-3-5-9)17-15-18(12(10)19)13(20)14(21)22-15/h1-7H. The van der Waals surface area contributed by atoms with Crippen LogP contribution in [0.2, 0.25) is 0 Å². The summed E-state index contributed by atoms with van der Waals surface area (Å²) in [6, 6.07) is 11.0. The number of carbonyl (C=O) groups excluding carboxylic acids is 2. The zero-order valence-corrected chi connectivity index (χ0v) is 11.8. The molecule has 6 nitrogen and oxygen atoms in total. The number of carbonyl (C=O) groups is 2. The summed E-state index contributed by atoms with van der Waals surface area (Å²) in [7, 11) is 0. The number of nitrogens with zero attached hydrogens (tertiary/aromatic N) is 3. The van der Waals surface area contributed by atoms with E-state index >= 15 is 0 Å². The van der Waals surface area contributed by atoms with Crippen molar-refractivity contribution < 1.29 is 9.59 Å². The summed E-state index contributed by atoms with van der Waals surface area (Å²) in [6.45, 7) is 0. The summed E-state index contributed by atoms with van der Waals surface area (Å²) in [6.07, 6.45) is 3.22. The summed E-state index contributed by atoms with van der Waals surface area (Å²) in [4.78, 5) is 39.2. The molecule has 1 aliphatic heterocycles. The van der Waals surface area contributed by atoms with E-state index in [4.69, 9.17) is 5.26 Å². The lowest BCUT2D eigenvalue weighted by atomic mass is 10.1. The number of rotatable bonds is 2. The van der Waals surface area contributed by atoms with Crippen molar-refractivity contribution in [2.45, 2.75) is 5.16 Å². The minimum Gasteiger partial charge on any atom is -0.275 e. The molecule has 0 spiro atoms. The van der Waals surface area contributed by atoms with Gasteiger partial charge in [-0.25, -0.2) is 9.55 Å². The highest BCUT2D eigenvalue weighted by molar-refractivity contribution is 8.15. The molecule has 0 saturated heterocycles. The monoisotopic (exact) mass is 309 g/mol. The average Bonchev–Trinajstić information content (AvgIpc) is 2.81. The van der Waals surface area contributed by atoms with E-state index in [2.05, 4.69) is 4.98 Å². The van der Waals surface area contributed by atoms with Crippen molar-refractivity contribution in [2.75, 3.05) is 0 Å². The summed E-state index contributed by atoms with van der Waals surface area (Å²) in [5, 5.41) is 8.35. The number of thioether (sulfide) groups is 1. The van der Waals surface area contributed by atoms with Gasteiger partial charge in [0.15, 0.2) is 5.16 Å². The molecule has 1 aromatic heterocycles. The van der Waals surface area contributed by atoms with E-state index in [-0.39, 0.29) is 16.4 Å². The molecule has 0 radical (unpaired) electrons. The van der Waals surface area contributed by atoms with E-state index in [9.17, 15) is 14.4 Å². The number of aromatic nitrogens is 2. The van der Waals surface area contributed by atoms with Gasteiger partial charge in [-0.1, -0.05) is 36.4 Å². The third-order valence-electron chi connectivity index (χ3n) is 2.99. The fraction of sp³-hybridized carbons (Fsp3) is 0. The van der Waals surface area contributed by atoms with Crippen LogP contribution in [0.15, 0.2) is 40.3 Å². The van der Waals surface area contributed by atoms with E-state index in [0.29, 0.717) is 16.3 Å². The molecule has 1 aliphatic rings. The van der Waals surface area contributed by atoms with Gasteiger partial charge in [-0.2, -0.15) is 5.26 Å². The van der Waals surface area contributed by atoms with Crippen LogP contribution in [0.1, 0.15) is 21.6 Å². The summed E-state index contributed by atoms with van der Waals surface area (Å²) < 4.78 is 0.644. The Morgan fingerprint density at radius 2 is 1.86 bits per heavy atom. The molecular formula is C15H7N3O3S. The molecule has 0 saturated carbocycles. The van der Waals surface area contributed by atoms with Crippen LogP contribution in [0, 0.1) is 11.3 Å². The molecule has 0 unspecified atom stereocenters. The fourth-order valence-electron chi connectivity index (χ4n) is 1.95. The van der Waals surface area contributed by atoms with Crippen LogP contribution in [0.3, 0.4) is 0 Å². The van der Waals surface area contributed by atoms with Gasteiger partial charge in [-0.15, -0.1) is 0 Å². The Morgan fingerprint density at radius 3 is 2.55 bits per heavy atom. The lowest BCUT2D eigenvalue weighted by Crippen LogP contribution is -2.30. The predicted molar refractivity (Wildman–Crippen MR) is 80.1 cm³/mol. The number of benzene rings is 1. The second-order valence-electron chi connectivity index (χ2n) is 4.35. The first kappa shape index (κ1) is 14.0. The van der Waals surface area contributed by atoms with Crippen molar-refractivity contribution in [3.8, 4) is 6.07 Å². The second-order valence-corrected chi connectivity index (χ2v) is 5.29. The highest BCUT2D eigenvalue weighted by atomic mass is 32.2. The van der Waals surface area contributed by atoms with E-state index in [1.54, 1.807) is 12.1 Å². The zero-order chi connectivity index (χ0) is 15.7. The van der Waals surface area contributed by atoms with Crippen LogP contribution >= 0.6 is 11.8 Å².